The molecule has 0 rings (SSSR count). The summed E-state index contributed by atoms with van der Waals surface area (Å²) < 4.78 is 0. The summed E-state index contributed by atoms with van der Waals surface area (Å²) in [6, 6.07) is 0. The van der Waals surface area contributed by atoms with E-state index in [1.165, 1.54) is 0 Å². The van der Waals surface area contributed by atoms with E-state index in [4.69, 9.17) is 0 Å². The van der Waals surface area contributed by atoms with Gasteiger partial charge in [-0.2, -0.15) is 0 Å². The first kappa shape index (κ1) is 7.47. The van der Waals surface area contributed by atoms with Crippen LogP contribution in [0.1, 0.15) is 20.3 Å². The highest BCUT2D eigenvalue weighted by Gasteiger charge is 1.96. The summed E-state index contributed by atoms with van der Waals surface area (Å²) in [7, 11) is 1.81. The second kappa shape index (κ2) is 3.47. The zero-order chi connectivity index (χ0) is 6.57. The van der Waals surface area contributed by atoms with Crippen LogP contribution in [0.15, 0.2) is 0 Å². The average Bonchev–Trinajstić information content (AvgIpc) is 1.67. The lowest BCUT2D eigenvalue weighted by Gasteiger charge is -2.11. The molecule has 1 amide bonds. The largest absolute Gasteiger partial charge is 0.346 e. The van der Waals surface area contributed by atoms with Crippen LogP contribution in [0.3, 0.4) is 0 Å². The molecule has 0 heterocycles. The molecule has 0 fully saturated rings. The summed E-state index contributed by atoms with van der Waals surface area (Å²) in [6.45, 7) is 4.50. The summed E-state index contributed by atoms with van der Waals surface area (Å²) in [5.74, 6) is 0.145. The minimum absolute atomic E-state index is 0.145. The molecule has 0 atom stereocenters. The molecule has 0 aliphatic heterocycles. The Morgan fingerprint density at radius 2 is 2.12 bits per heavy atom. The quantitative estimate of drug-likeness (QED) is 0.523. The lowest BCUT2D eigenvalue weighted by atomic mass is 10.4. The maximum atomic E-state index is 10.5. The molecule has 0 aromatic heterocycles. The molecule has 0 aliphatic carbocycles. The maximum absolute atomic E-state index is 10.5. The molecule has 0 unspecified atom stereocenters. The normalized spacial score (nSPS) is 8.88. The third kappa shape index (κ3) is 2.61. The highest BCUT2D eigenvalue weighted by molar-refractivity contribution is 5.72. The van der Waals surface area contributed by atoms with Crippen molar-refractivity contribution in [2.24, 2.45) is 0 Å². The van der Waals surface area contributed by atoms with Gasteiger partial charge in [-0.15, -0.1) is 0 Å². The molecular formula is C6H13NO. The fraction of sp³-hybridized carbons (Fsp3) is 0.833. The fourth-order valence-corrected chi connectivity index (χ4v) is 0.493. The first-order valence-electron chi connectivity index (χ1n) is 2.90. The van der Waals surface area contributed by atoms with Crippen LogP contribution in [0.4, 0.5) is 0 Å². The number of carbonyl (C=O) groups is 1. The van der Waals surface area contributed by atoms with Gasteiger partial charge in [0.25, 0.3) is 0 Å². The van der Waals surface area contributed by atoms with E-state index in [0.29, 0.717) is 0 Å². The van der Waals surface area contributed by atoms with E-state index in [1.807, 2.05) is 7.05 Å². The molecule has 0 N–H and O–H groups in total. The Labute approximate surface area is 50.5 Å². The molecule has 48 valence electrons. The molecule has 0 radical (unpaired) electrons. The fourth-order valence-electron chi connectivity index (χ4n) is 0.493. The Balaban J connectivity index is 3.32. The van der Waals surface area contributed by atoms with E-state index in [2.05, 4.69) is 6.92 Å². The van der Waals surface area contributed by atoms with Crippen molar-refractivity contribution in [2.75, 3.05) is 13.6 Å². The van der Waals surface area contributed by atoms with Crippen molar-refractivity contribution in [3.05, 3.63) is 0 Å². The summed E-state index contributed by atoms with van der Waals surface area (Å²) in [4.78, 5) is 12.2. The Kier molecular flexibility index (Phi) is 3.24. The zero-order valence-corrected chi connectivity index (χ0v) is 5.77. The second-order valence-electron chi connectivity index (χ2n) is 1.94. The van der Waals surface area contributed by atoms with Gasteiger partial charge >= 0.3 is 0 Å². The molecular weight excluding hydrogens is 102 g/mol. The predicted octanol–water partition coefficient (Wildman–Crippen LogP) is 0.875. The summed E-state index contributed by atoms with van der Waals surface area (Å²) in [5.41, 5.74) is 0. The first-order valence-corrected chi connectivity index (χ1v) is 2.90. The van der Waals surface area contributed by atoms with E-state index in [0.717, 1.165) is 13.0 Å². The van der Waals surface area contributed by atoms with Gasteiger partial charge in [0.15, 0.2) is 0 Å². The Morgan fingerprint density at radius 3 is 2.25 bits per heavy atom. The van der Waals surface area contributed by atoms with Crippen molar-refractivity contribution in [3.8, 4) is 0 Å². The van der Waals surface area contributed by atoms with Gasteiger partial charge in [0.2, 0.25) is 5.91 Å². The molecule has 0 aromatic rings. The van der Waals surface area contributed by atoms with Crippen molar-refractivity contribution in [1.29, 1.82) is 0 Å². The number of carbonyl (C=O) groups excluding carboxylic acids is 1. The van der Waals surface area contributed by atoms with E-state index < -0.39 is 0 Å². The van der Waals surface area contributed by atoms with Gasteiger partial charge in [-0.25, -0.2) is 0 Å². The van der Waals surface area contributed by atoms with Crippen LogP contribution in [0.5, 0.6) is 0 Å². The lowest BCUT2D eigenvalue weighted by molar-refractivity contribution is -0.127. The Bertz CT molecular complexity index is 80.6. The van der Waals surface area contributed by atoms with Gasteiger partial charge in [0, 0.05) is 20.5 Å². The minimum atomic E-state index is 0.145. The topological polar surface area (TPSA) is 20.3 Å². The van der Waals surface area contributed by atoms with E-state index in [1.54, 1.807) is 11.8 Å². The van der Waals surface area contributed by atoms with Gasteiger partial charge in [0.1, 0.15) is 0 Å². The number of amides is 1. The second-order valence-corrected chi connectivity index (χ2v) is 1.94. The zero-order valence-electron chi connectivity index (χ0n) is 5.77. The molecule has 0 bridgehead atoms. The van der Waals surface area contributed by atoms with E-state index >= 15 is 0 Å². The smallest absolute Gasteiger partial charge is 0.219 e. The van der Waals surface area contributed by atoms with Crippen LogP contribution in [0.25, 0.3) is 0 Å². The van der Waals surface area contributed by atoms with Gasteiger partial charge in [-0.3, -0.25) is 4.79 Å². The van der Waals surface area contributed by atoms with Gasteiger partial charge in [-0.1, -0.05) is 6.92 Å². The molecule has 0 saturated heterocycles. The van der Waals surface area contributed by atoms with E-state index in [9.17, 15) is 4.79 Å². The average molecular weight is 115 g/mol. The van der Waals surface area contributed by atoms with E-state index in [-0.39, 0.29) is 5.91 Å². The van der Waals surface area contributed by atoms with Crippen molar-refractivity contribution >= 4 is 5.91 Å². The van der Waals surface area contributed by atoms with Crippen LogP contribution in [0.2, 0.25) is 0 Å². The SMILES string of the molecule is CCCN(C)C(C)=O. The van der Waals surface area contributed by atoms with Gasteiger partial charge in [0.05, 0.1) is 0 Å². The van der Waals surface area contributed by atoms with Crippen LogP contribution < -0.4 is 0 Å². The van der Waals surface area contributed by atoms with Crippen molar-refractivity contribution in [1.82, 2.24) is 4.90 Å². The predicted molar refractivity (Wildman–Crippen MR) is 33.6 cm³/mol. The third-order valence-corrected chi connectivity index (χ3v) is 1.10. The Morgan fingerprint density at radius 1 is 1.62 bits per heavy atom. The number of rotatable bonds is 2. The third-order valence-electron chi connectivity index (χ3n) is 1.10. The molecule has 0 saturated carbocycles. The monoisotopic (exact) mass is 115 g/mol. The number of hydrogen-bond acceptors (Lipinski definition) is 1. The van der Waals surface area contributed by atoms with Crippen molar-refractivity contribution < 1.29 is 4.79 Å². The number of nitrogens with zero attached hydrogens (tertiary/aromatic N) is 1. The number of hydrogen-bond donors (Lipinski definition) is 0. The molecule has 2 nitrogen and oxygen atoms in total. The first-order chi connectivity index (χ1) is 3.68. The van der Waals surface area contributed by atoms with Crippen molar-refractivity contribution in [2.45, 2.75) is 20.3 Å². The molecule has 2 heteroatoms. The van der Waals surface area contributed by atoms with Gasteiger partial charge < -0.3 is 4.90 Å². The van der Waals surface area contributed by atoms with Crippen LogP contribution in [-0.4, -0.2) is 24.4 Å². The van der Waals surface area contributed by atoms with Crippen LogP contribution in [-0.2, 0) is 4.79 Å². The van der Waals surface area contributed by atoms with Crippen LogP contribution in [0, 0.1) is 0 Å². The van der Waals surface area contributed by atoms with Crippen LogP contribution >= 0.6 is 0 Å². The molecule has 8 heavy (non-hydrogen) atoms. The summed E-state index contributed by atoms with van der Waals surface area (Å²) in [5, 5.41) is 0. The van der Waals surface area contributed by atoms with Gasteiger partial charge in [-0.05, 0) is 6.42 Å². The maximum Gasteiger partial charge on any atom is 0.219 e. The molecule has 0 aliphatic rings. The standard InChI is InChI=1S/C6H13NO/c1-4-5-7(3)6(2)8/h4-5H2,1-3H3. The summed E-state index contributed by atoms with van der Waals surface area (Å²) >= 11 is 0. The van der Waals surface area contributed by atoms with Crippen molar-refractivity contribution in [3.63, 3.8) is 0 Å². The minimum Gasteiger partial charge on any atom is -0.346 e. The lowest BCUT2D eigenvalue weighted by Crippen LogP contribution is -2.24. The summed E-state index contributed by atoms with van der Waals surface area (Å²) in [6.07, 6.45) is 1.04. The highest BCUT2D eigenvalue weighted by Crippen LogP contribution is 1.84. The molecule has 0 spiro atoms. The highest BCUT2D eigenvalue weighted by atomic mass is 16.2. The Hall–Kier alpha value is -0.530. The molecule has 0 aromatic carbocycles.